The summed E-state index contributed by atoms with van der Waals surface area (Å²) in [7, 11) is 0. The van der Waals surface area contributed by atoms with Crippen LogP contribution in [0.15, 0.2) is 5.38 Å². The average Bonchev–Trinajstić information content (AvgIpc) is 3.19. The molecule has 0 unspecified atom stereocenters. The first-order valence-electron chi connectivity index (χ1n) is 8.62. The SMILES string of the molecule is O=C(c1scc2c1CCCC2)N1C[C@H](O)[C@@H](N2CCOCC2)C1. The molecule has 126 valence electrons. The molecule has 1 aliphatic carbocycles. The smallest absolute Gasteiger partial charge is 0.264 e. The number of amides is 1. The van der Waals surface area contributed by atoms with E-state index in [1.54, 1.807) is 11.3 Å². The Morgan fingerprint density at radius 3 is 2.83 bits per heavy atom. The number of carbonyl (C=O) groups is 1. The third-order valence-corrected chi connectivity index (χ3v) is 6.42. The fourth-order valence-corrected chi connectivity index (χ4v) is 5.17. The molecule has 3 heterocycles. The van der Waals surface area contributed by atoms with Gasteiger partial charge in [-0.15, -0.1) is 11.3 Å². The molecule has 3 aliphatic rings. The monoisotopic (exact) mass is 336 g/mol. The number of nitrogens with zero attached hydrogens (tertiary/aromatic N) is 2. The van der Waals surface area contributed by atoms with E-state index >= 15 is 0 Å². The van der Waals surface area contributed by atoms with Gasteiger partial charge in [-0.1, -0.05) is 0 Å². The lowest BCUT2D eigenvalue weighted by Gasteiger charge is -2.33. The summed E-state index contributed by atoms with van der Waals surface area (Å²) in [4.78, 5) is 18.0. The van der Waals surface area contributed by atoms with Crippen LogP contribution in [-0.4, -0.2) is 72.4 Å². The number of aliphatic hydroxyl groups excluding tert-OH is 1. The second kappa shape index (κ2) is 6.51. The number of fused-ring (bicyclic) bond motifs is 1. The predicted octanol–water partition coefficient (Wildman–Crippen LogP) is 1.14. The first kappa shape index (κ1) is 15.6. The lowest BCUT2D eigenvalue weighted by atomic mass is 9.94. The van der Waals surface area contributed by atoms with Crippen LogP contribution in [0.3, 0.4) is 0 Å². The molecule has 23 heavy (non-hydrogen) atoms. The van der Waals surface area contributed by atoms with Crippen molar-refractivity contribution < 1.29 is 14.6 Å². The number of carbonyl (C=O) groups excluding carboxylic acids is 1. The summed E-state index contributed by atoms with van der Waals surface area (Å²) < 4.78 is 5.39. The van der Waals surface area contributed by atoms with E-state index in [2.05, 4.69) is 10.3 Å². The maximum absolute atomic E-state index is 12.9. The van der Waals surface area contributed by atoms with Crippen LogP contribution >= 0.6 is 11.3 Å². The van der Waals surface area contributed by atoms with E-state index in [1.165, 1.54) is 24.0 Å². The van der Waals surface area contributed by atoms with E-state index in [9.17, 15) is 9.90 Å². The number of aryl methyl sites for hydroxylation is 1. The van der Waals surface area contributed by atoms with E-state index < -0.39 is 6.10 Å². The number of thiophene rings is 1. The maximum atomic E-state index is 12.9. The van der Waals surface area contributed by atoms with Crippen molar-refractivity contribution in [1.29, 1.82) is 0 Å². The Morgan fingerprint density at radius 1 is 1.22 bits per heavy atom. The molecule has 6 heteroatoms. The summed E-state index contributed by atoms with van der Waals surface area (Å²) in [6.07, 6.45) is 4.11. The highest BCUT2D eigenvalue weighted by molar-refractivity contribution is 7.12. The number of morpholine rings is 1. The van der Waals surface area contributed by atoms with Gasteiger partial charge in [0, 0.05) is 26.2 Å². The zero-order valence-electron chi connectivity index (χ0n) is 13.4. The number of aliphatic hydroxyl groups is 1. The lowest BCUT2D eigenvalue weighted by molar-refractivity contribution is -0.00611. The highest BCUT2D eigenvalue weighted by Crippen LogP contribution is 2.31. The number of hydrogen-bond acceptors (Lipinski definition) is 5. The Kier molecular flexibility index (Phi) is 4.41. The Bertz CT molecular complexity index is 582. The van der Waals surface area contributed by atoms with E-state index in [4.69, 9.17) is 4.74 Å². The number of rotatable bonds is 2. The van der Waals surface area contributed by atoms with Crippen LogP contribution in [0, 0.1) is 0 Å². The quantitative estimate of drug-likeness (QED) is 0.880. The van der Waals surface area contributed by atoms with Crippen molar-refractivity contribution in [3.63, 3.8) is 0 Å². The van der Waals surface area contributed by atoms with Crippen molar-refractivity contribution in [2.45, 2.75) is 37.8 Å². The molecule has 0 spiro atoms. The van der Waals surface area contributed by atoms with Crippen molar-refractivity contribution in [1.82, 2.24) is 9.80 Å². The molecule has 1 amide bonds. The van der Waals surface area contributed by atoms with Crippen LogP contribution in [0.1, 0.15) is 33.6 Å². The fourth-order valence-electron chi connectivity index (χ4n) is 4.05. The maximum Gasteiger partial charge on any atom is 0.264 e. The standard InChI is InChI=1S/C17H24N2O3S/c20-15-10-19(9-14(15)18-5-7-22-8-6-18)17(21)16-13-4-2-1-3-12(13)11-23-16/h11,14-15,20H,1-10H2/t14-,15-/m0/s1. The van der Waals surface area contributed by atoms with Crippen LogP contribution in [-0.2, 0) is 17.6 Å². The second-order valence-corrected chi connectivity index (χ2v) is 7.65. The topological polar surface area (TPSA) is 53.0 Å². The minimum Gasteiger partial charge on any atom is -0.390 e. The van der Waals surface area contributed by atoms with E-state index in [1.807, 2.05) is 4.90 Å². The highest BCUT2D eigenvalue weighted by atomic mass is 32.1. The van der Waals surface area contributed by atoms with Gasteiger partial charge < -0.3 is 14.7 Å². The summed E-state index contributed by atoms with van der Waals surface area (Å²) in [6.45, 7) is 4.21. The Hall–Kier alpha value is -0.950. The second-order valence-electron chi connectivity index (χ2n) is 6.77. The molecule has 5 nitrogen and oxygen atoms in total. The minimum atomic E-state index is -0.451. The van der Waals surface area contributed by atoms with Gasteiger partial charge in [0.1, 0.15) is 0 Å². The van der Waals surface area contributed by atoms with Gasteiger partial charge in [-0.2, -0.15) is 0 Å². The zero-order chi connectivity index (χ0) is 15.8. The number of ether oxygens (including phenoxy) is 1. The van der Waals surface area contributed by atoms with Gasteiger partial charge in [-0.05, 0) is 42.2 Å². The van der Waals surface area contributed by atoms with Crippen LogP contribution in [0.2, 0.25) is 0 Å². The molecule has 1 aromatic rings. The van der Waals surface area contributed by atoms with Gasteiger partial charge in [0.25, 0.3) is 5.91 Å². The van der Waals surface area contributed by atoms with Gasteiger partial charge in [-0.3, -0.25) is 9.69 Å². The van der Waals surface area contributed by atoms with E-state index in [0.29, 0.717) is 13.1 Å². The molecule has 1 N–H and O–H groups in total. The first-order valence-corrected chi connectivity index (χ1v) is 9.50. The number of β-amino-alcohol motifs (C(OH)–C–C–N with tert-alkyl or cyclic N) is 1. The van der Waals surface area contributed by atoms with Gasteiger partial charge in [0.15, 0.2) is 0 Å². The highest BCUT2D eigenvalue weighted by Gasteiger charge is 2.39. The first-order chi connectivity index (χ1) is 11.2. The van der Waals surface area contributed by atoms with E-state index in [-0.39, 0.29) is 11.9 Å². The number of hydrogen-bond donors (Lipinski definition) is 1. The normalized spacial score (nSPS) is 28.8. The Balaban J connectivity index is 1.48. The van der Waals surface area contributed by atoms with Crippen molar-refractivity contribution in [2.75, 3.05) is 39.4 Å². The van der Waals surface area contributed by atoms with Crippen LogP contribution in [0.25, 0.3) is 0 Å². The van der Waals surface area contributed by atoms with Crippen molar-refractivity contribution in [2.24, 2.45) is 0 Å². The largest absolute Gasteiger partial charge is 0.390 e. The van der Waals surface area contributed by atoms with Crippen LogP contribution in [0.5, 0.6) is 0 Å². The van der Waals surface area contributed by atoms with Crippen molar-refractivity contribution in [3.05, 3.63) is 21.4 Å². The Morgan fingerprint density at radius 2 is 2.00 bits per heavy atom. The average molecular weight is 336 g/mol. The zero-order valence-corrected chi connectivity index (χ0v) is 14.2. The Labute approximate surface area is 140 Å². The van der Waals surface area contributed by atoms with Gasteiger partial charge >= 0.3 is 0 Å². The fraction of sp³-hybridized carbons (Fsp3) is 0.706. The summed E-state index contributed by atoms with van der Waals surface area (Å²) >= 11 is 1.59. The molecule has 1 aromatic heterocycles. The van der Waals surface area contributed by atoms with Gasteiger partial charge in [0.05, 0.1) is 30.2 Å². The molecular formula is C17H24N2O3S. The molecule has 0 bridgehead atoms. The lowest BCUT2D eigenvalue weighted by Crippen LogP contribution is -2.49. The molecule has 0 radical (unpaired) electrons. The summed E-state index contributed by atoms with van der Waals surface area (Å²) in [5.41, 5.74) is 2.64. The molecular weight excluding hydrogens is 312 g/mol. The third kappa shape index (κ3) is 2.93. The number of likely N-dealkylation sites (tertiary alicyclic amines) is 1. The summed E-state index contributed by atoms with van der Waals surface area (Å²) in [5, 5.41) is 12.6. The minimum absolute atomic E-state index is 0.0543. The molecule has 2 aliphatic heterocycles. The van der Waals surface area contributed by atoms with Gasteiger partial charge in [0.2, 0.25) is 0 Å². The summed E-state index contributed by atoms with van der Waals surface area (Å²) in [5.74, 6) is 0.118. The molecule has 2 atom stereocenters. The third-order valence-electron chi connectivity index (χ3n) is 5.36. The van der Waals surface area contributed by atoms with Gasteiger partial charge in [-0.25, -0.2) is 0 Å². The molecule has 4 rings (SSSR count). The van der Waals surface area contributed by atoms with E-state index in [0.717, 1.165) is 44.0 Å². The molecule has 0 saturated carbocycles. The molecule has 0 aromatic carbocycles. The molecule has 2 fully saturated rings. The predicted molar refractivity (Wildman–Crippen MR) is 89.1 cm³/mol. The van der Waals surface area contributed by atoms with Crippen LogP contribution in [0.4, 0.5) is 0 Å². The molecule has 2 saturated heterocycles. The van der Waals surface area contributed by atoms with Crippen molar-refractivity contribution >= 4 is 17.2 Å². The van der Waals surface area contributed by atoms with Crippen LogP contribution < -0.4 is 0 Å². The summed E-state index contributed by atoms with van der Waals surface area (Å²) in [6, 6.07) is 0.0543. The van der Waals surface area contributed by atoms with Crippen molar-refractivity contribution in [3.8, 4) is 0 Å².